The Labute approximate surface area is 163 Å². The van der Waals surface area contributed by atoms with Gasteiger partial charge in [0.15, 0.2) is 11.8 Å². The Morgan fingerprint density at radius 1 is 1.46 bits per heavy atom. The van der Waals surface area contributed by atoms with Gasteiger partial charge in [-0.3, -0.25) is 4.99 Å². The van der Waals surface area contributed by atoms with Crippen molar-refractivity contribution in [3.8, 4) is 0 Å². The summed E-state index contributed by atoms with van der Waals surface area (Å²) in [7, 11) is 1.73. The molecule has 9 heteroatoms. The normalized spacial score (nSPS) is 13.9. The van der Waals surface area contributed by atoms with Crippen molar-refractivity contribution < 1.29 is 9.26 Å². The van der Waals surface area contributed by atoms with Gasteiger partial charge in [0.25, 0.3) is 0 Å². The molecule has 0 amide bonds. The number of aliphatic imine (C=N–C) groups is 1. The zero-order valence-corrected chi connectivity index (χ0v) is 17.4. The molecule has 0 saturated heterocycles. The van der Waals surface area contributed by atoms with Gasteiger partial charge in [0.2, 0.25) is 5.89 Å². The lowest BCUT2D eigenvalue weighted by Crippen LogP contribution is -2.38. The first kappa shape index (κ1) is 20.8. The Kier molecular flexibility index (Phi) is 9.22. The molecule has 0 aliphatic rings. The Balaban J connectivity index is 0.00000288. The van der Waals surface area contributed by atoms with Crippen LogP contribution in [0.25, 0.3) is 0 Å². The van der Waals surface area contributed by atoms with E-state index in [9.17, 15) is 0 Å². The van der Waals surface area contributed by atoms with E-state index in [2.05, 4.69) is 44.1 Å². The second kappa shape index (κ2) is 10.6. The predicted octanol–water partition coefficient (Wildman–Crippen LogP) is 3.27. The van der Waals surface area contributed by atoms with Gasteiger partial charge in [0, 0.05) is 18.5 Å². The van der Waals surface area contributed by atoms with Crippen LogP contribution in [0.2, 0.25) is 0 Å². The summed E-state index contributed by atoms with van der Waals surface area (Å²) in [5.74, 6) is 1.74. The van der Waals surface area contributed by atoms with Crippen molar-refractivity contribution in [2.24, 2.45) is 4.99 Å². The lowest BCUT2D eigenvalue weighted by atomic mass is 10.3. The van der Waals surface area contributed by atoms with Crippen molar-refractivity contribution in [1.82, 2.24) is 20.8 Å². The van der Waals surface area contributed by atoms with Gasteiger partial charge in [0.1, 0.15) is 6.10 Å². The smallest absolute Gasteiger partial charge is 0.246 e. The molecule has 7 nitrogen and oxygen atoms in total. The van der Waals surface area contributed by atoms with Crippen molar-refractivity contribution in [2.75, 3.05) is 13.7 Å². The third-order valence-electron chi connectivity index (χ3n) is 3.22. The van der Waals surface area contributed by atoms with E-state index in [-0.39, 0.29) is 36.1 Å². The Bertz CT molecular complexity index is 617. The summed E-state index contributed by atoms with van der Waals surface area (Å²) in [6.45, 7) is 6.94. The number of aromatic nitrogens is 2. The first-order valence-corrected chi connectivity index (χ1v) is 8.46. The van der Waals surface area contributed by atoms with E-state index in [1.165, 1.54) is 4.88 Å². The van der Waals surface area contributed by atoms with Gasteiger partial charge in [0.05, 0.1) is 12.6 Å². The molecule has 2 heterocycles. The van der Waals surface area contributed by atoms with E-state index in [0.717, 1.165) is 0 Å². The third-order valence-corrected chi connectivity index (χ3v) is 4.27. The van der Waals surface area contributed by atoms with E-state index in [0.29, 0.717) is 30.8 Å². The van der Waals surface area contributed by atoms with E-state index >= 15 is 0 Å². The maximum absolute atomic E-state index is 5.44. The van der Waals surface area contributed by atoms with Crippen molar-refractivity contribution in [3.63, 3.8) is 0 Å². The average Bonchev–Trinajstić information content (AvgIpc) is 3.22. The van der Waals surface area contributed by atoms with E-state index in [1.54, 1.807) is 18.4 Å². The maximum Gasteiger partial charge on any atom is 0.246 e. The number of hydrogen-bond donors (Lipinski definition) is 2. The van der Waals surface area contributed by atoms with Crippen LogP contribution in [-0.4, -0.2) is 29.8 Å². The molecule has 0 aromatic carbocycles. The highest BCUT2D eigenvalue weighted by molar-refractivity contribution is 14.0. The quantitative estimate of drug-likeness (QED) is 0.371. The number of halogens is 1. The highest BCUT2D eigenvalue weighted by Crippen LogP contribution is 2.17. The van der Waals surface area contributed by atoms with Gasteiger partial charge < -0.3 is 19.9 Å². The molecule has 24 heavy (non-hydrogen) atoms. The molecule has 0 saturated carbocycles. The highest BCUT2D eigenvalue weighted by Gasteiger charge is 2.14. The maximum atomic E-state index is 5.44. The minimum Gasteiger partial charge on any atom is -0.371 e. The molecule has 2 atom stereocenters. The highest BCUT2D eigenvalue weighted by atomic mass is 127. The van der Waals surface area contributed by atoms with Crippen molar-refractivity contribution in [3.05, 3.63) is 34.1 Å². The monoisotopic (exact) mass is 465 g/mol. The molecule has 2 rings (SSSR count). The number of nitrogens with zero attached hydrogens (tertiary/aromatic N) is 3. The zero-order valence-electron chi connectivity index (χ0n) is 14.3. The summed E-state index contributed by atoms with van der Waals surface area (Å²) >= 11 is 1.71. The van der Waals surface area contributed by atoms with E-state index < -0.39 is 0 Å². The Morgan fingerprint density at radius 2 is 2.25 bits per heavy atom. The topological polar surface area (TPSA) is 84.6 Å². The van der Waals surface area contributed by atoms with Crippen LogP contribution in [-0.2, 0) is 11.3 Å². The first-order valence-electron chi connectivity index (χ1n) is 7.58. The third kappa shape index (κ3) is 6.02. The molecule has 2 unspecified atom stereocenters. The van der Waals surface area contributed by atoms with Crippen LogP contribution in [0, 0.1) is 0 Å². The minimum atomic E-state index is -0.172. The predicted molar refractivity (Wildman–Crippen MR) is 106 cm³/mol. The summed E-state index contributed by atoms with van der Waals surface area (Å²) in [4.78, 5) is 9.78. The lowest BCUT2D eigenvalue weighted by Gasteiger charge is -2.16. The molecule has 0 bridgehead atoms. The summed E-state index contributed by atoms with van der Waals surface area (Å²) in [6, 6.07) is 4.31. The fourth-order valence-electron chi connectivity index (χ4n) is 2.00. The SMILES string of the molecule is CCOC(C)c1noc(CNC(=NC)NC(C)c2cccs2)n1.I. The standard InChI is InChI=1S/C15H23N5O2S.HI/c1-5-21-11(3)14-19-13(22-20-14)9-17-15(16-4)18-10(2)12-7-6-8-23-12;/h6-8,10-11H,5,9H2,1-4H3,(H2,16,17,18);1H. The van der Waals surface area contributed by atoms with Crippen LogP contribution < -0.4 is 10.6 Å². The number of rotatable bonds is 7. The lowest BCUT2D eigenvalue weighted by molar-refractivity contribution is 0.0683. The van der Waals surface area contributed by atoms with Gasteiger partial charge in [-0.05, 0) is 32.2 Å². The van der Waals surface area contributed by atoms with Crippen molar-refractivity contribution in [2.45, 2.75) is 39.5 Å². The van der Waals surface area contributed by atoms with Gasteiger partial charge in [-0.25, -0.2) is 0 Å². The first-order chi connectivity index (χ1) is 11.1. The van der Waals surface area contributed by atoms with Crippen molar-refractivity contribution >= 4 is 41.3 Å². The molecule has 134 valence electrons. The van der Waals surface area contributed by atoms with Crippen molar-refractivity contribution in [1.29, 1.82) is 0 Å². The van der Waals surface area contributed by atoms with E-state index in [4.69, 9.17) is 9.26 Å². The van der Waals surface area contributed by atoms with Crippen LogP contribution in [0.3, 0.4) is 0 Å². The molecule has 2 aromatic heterocycles. The van der Waals surface area contributed by atoms with Gasteiger partial charge in [-0.15, -0.1) is 35.3 Å². The van der Waals surface area contributed by atoms with Crippen LogP contribution in [0.5, 0.6) is 0 Å². The molecule has 0 aliphatic heterocycles. The molecule has 2 N–H and O–H groups in total. The molecule has 0 aliphatic carbocycles. The average molecular weight is 465 g/mol. The van der Waals surface area contributed by atoms with Crippen LogP contribution in [0.1, 0.15) is 49.5 Å². The molecule has 0 fully saturated rings. The van der Waals surface area contributed by atoms with Crippen LogP contribution >= 0.6 is 35.3 Å². The number of thiophene rings is 1. The molecular formula is C15H24IN5O2S. The Hall–Kier alpha value is -1.20. The number of nitrogens with one attached hydrogen (secondary N) is 2. The molecule has 0 spiro atoms. The zero-order chi connectivity index (χ0) is 16.7. The number of ether oxygens (including phenoxy) is 1. The molecule has 2 aromatic rings. The Morgan fingerprint density at radius 3 is 2.88 bits per heavy atom. The van der Waals surface area contributed by atoms with Gasteiger partial charge in [-0.2, -0.15) is 4.98 Å². The minimum absolute atomic E-state index is 0. The van der Waals surface area contributed by atoms with Crippen LogP contribution in [0.4, 0.5) is 0 Å². The molecular weight excluding hydrogens is 441 g/mol. The van der Waals surface area contributed by atoms with E-state index in [1.807, 2.05) is 19.9 Å². The molecule has 0 radical (unpaired) electrons. The van der Waals surface area contributed by atoms with Gasteiger partial charge >= 0.3 is 0 Å². The van der Waals surface area contributed by atoms with Gasteiger partial charge in [-0.1, -0.05) is 11.2 Å². The second-order valence-electron chi connectivity index (χ2n) is 4.95. The summed E-state index contributed by atoms with van der Waals surface area (Å²) < 4.78 is 10.7. The fraction of sp³-hybridized carbons (Fsp3) is 0.533. The number of hydrogen-bond acceptors (Lipinski definition) is 6. The van der Waals surface area contributed by atoms with Crippen LogP contribution in [0.15, 0.2) is 27.0 Å². The summed E-state index contributed by atoms with van der Waals surface area (Å²) in [6.07, 6.45) is -0.172. The largest absolute Gasteiger partial charge is 0.371 e. The second-order valence-corrected chi connectivity index (χ2v) is 5.93. The fourth-order valence-corrected chi connectivity index (χ4v) is 2.73. The summed E-state index contributed by atoms with van der Waals surface area (Å²) in [5.41, 5.74) is 0. The summed E-state index contributed by atoms with van der Waals surface area (Å²) in [5, 5.41) is 12.5. The number of guanidine groups is 1.